The quantitative estimate of drug-likeness (QED) is 0.399. The van der Waals surface area contributed by atoms with E-state index in [4.69, 9.17) is 14.5 Å². The fraction of sp³-hybridized carbons (Fsp3) is 0.889. The van der Waals surface area contributed by atoms with E-state index in [0.717, 1.165) is 12.8 Å². The standard InChI is InChI=1S/C9H19O5P/c1-3-8(4-2)9(10)14-6-5-7-15(11,12)13/h8H,3-7H2,1-2H3,(H2,11,12,13). The second-order valence-electron chi connectivity index (χ2n) is 3.42. The second-order valence-corrected chi connectivity index (χ2v) is 5.20. The predicted octanol–water partition coefficient (Wildman–Crippen LogP) is 1.53. The summed E-state index contributed by atoms with van der Waals surface area (Å²) in [5.41, 5.74) is 0. The summed E-state index contributed by atoms with van der Waals surface area (Å²) in [5.74, 6) is -0.370. The predicted molar refractivity (Wildman–Crippen MR) is 56.6 cm³/mol. The lowest BCUT2D eigenvalue weighted by molar-refractivity contribution is -0.148. The summed E-state index contributed by atoms with van der Waals surface area (Å²) >= 11 is 0. The Bertz CT molecular complexity index is 231. The maximum absolute atomic E-state index is 11.3. The molecule has 2 N–H and O–H groups in total. The zero-order chi connectivity index (χ0) is 11.9. The van der Waals surface area contributed by atoms with Crippen molar-refractivity contribution >= 4 is 13.6 Å². The van der Waals surface area contributed by atoms with Gasteiger partial charge in [-0.2, -0.15) is 0 Å². The highest BCUT2D eigenvalue weighted by Gasteiger charge is 2.16. The van der Waals surface area contributed by atoms with Gasteiger partial charge in [0.05, 0.1) is 18.7 Å². The molecule has 6 heteroatoms. The van der Waals surface area contributed by atoms with Gasteiger partial charge in [0, 0.05) is 0 Å². The van der Waals surface area contributed by atoms with Crippen LogP contribution >= 0.6 is 7.60 Å². The first-order chi connectivity index (χ1) is 6.90. The normalized spacial score (nSPS) is 11.8. The molecule has 0 amide bonds. The van der Waals surface area contributed by atoms with Gasteiger partial charge in [0.25, 0.3) is 0 Å². The molecule has 0 fully saturated rings. The molecule has 90 valence electrons. The molecule has 0 aliphatic heterocycles. The Balaban J connectivity index is 3.68. The van der Waals surface area contributed by atoms with Crippen molar-refractivity contribution in [3.05, 3.63) is 0 Å². The molecular formula is C9H19O5P. The van der Waals surface area contributed by atoms with Crippen LogP contribution in [0.4, 0.5) is 0 Å². The summed E-state index contributed by atoms with van der Waals surface area (Å²) < 4.78 is 15.4. The molecule has 0 aliphatic carbocycles. The fourth-order valence-electron chi connectivity index (χ4n) is 1.18. The van der Waals surface area contributed by atoms with Gasteiger partial charge in [-0.25, -0.2) is 0 Å². The lowest BCUT2D eigenvalue weighted by atomic mass is 10.0. The van der Waals surface area contributed by atoms with Crippen LogP contribution in [0.15, 0.2) is 0 Å². The van der Waals surface area contributed by atoms with Gasteiger partial charge < -0.3 is 14.5 Å². The topological polar surface area (TPSA) is 83.8 Å². The summed E-state index contributed by atoms with van der Waals surface area (Å²) in [5, 5.41) is 0. The Hall–Kier alpha value is -0.380. The molecular weight excluding hydrogens is 219 g/mol. The van der Waals surface area contributed by atoms with Gasteiger partial charge in [-0.1, -0.05) is 13.8 Å². The van der Waals surface area contributed by atoms with E-state index >= 15 is 0 Å². The van der Waals surface area contributed by atoms with Crippen LogP contribution in [0.1, 0.15) is 33.1 Å². The lowest BCUT2D eigenvalue weighted by Gasteiger charge is -2.11. The third-order valence-corrected chi connectivity index (χ3v) is 3.06. The van der Waals surface area contributed by atoms with Gasteiger partial charge >= 0.3 is 13.6 Å². The van der Waals surface area contributed by atoms with Crippen LogP contribution < -0.4 is 0 Å². The van der Waals surface area contributed by atoms with Gasteiger partial charge in [0.15, 0.2) is 0 Å². The first-order valence-electron chi connectivity index (χ1n) is 5.12. The Morgan fingerprint density at radius 1 is 1.33 bits per heavy atom. The van der Waals surface area contributed by atoms with Crippen molar-refractivity contribution in [1.82, 2.24) is 0 Å². The Morgan fingerprint density at radius 3 is 2.27 bits per heavy atom. The number of carbonyl (C=O) groups excluding carboxylic acids is 1. The van der Waals surface area contributed by atoms with Crippen molar-refractivity contribution in [3.8, 4) is 0 Å². The lowest BCUT2D eigenvalue weighted by Crippen LogP contribution is -2.17. The van der Waals surface area contributed by atoms with E-state index in [0.29, 0.717) is 0 Å². The van der Waals surface area contributed by atoms with E-state index in [1.54, 1.807) is 0 Å². The molecule has 0 aromatic heterocycles. The molecule has 0 aromatic carbocycles. The molecule has 0 spiro atoms. The van der Waals surface area contributed by atoms with Gasteiger partial charge in [-0.3, -0.25) is 9.36 Å². The largest absolute Gasteiger partial charge is 0.465 e. The average Bonchev–Trinajstić information content (AvgIpc) is 2.13. The summed E-state index contributed by atoms with van der Waals surface area (Å²) in [6, 6.07) is 0. The molecule has 0 bridgehead atoms. The molecule has 5 nitrogen and oxygen atoms in total. The number of ether oxygens (including phenoxy) is 1. The summed E-state index contributed by atoms with van der Waals surface area (Å²) in [4.78, 5) is 28.4. The van der Waals surface area contributed by atoms with Crippen LogP contribution in [0.2, 0.25) is 0 Å². The average molecular weight is 238 g/mol. The fourth-order valence-corrected chi connectivity index (χ4v) is 1.72. The van der Waals surface area contributed by atoms with E-state index in [2.05, 4.69) is 0 Å². The van der Waals surface area contributed by atoms with Gasteiger partial charge in [-0.05, 0) is 19.3 Å². The van der Waals surface area contributed by atoms with Crippen molar-refractivity contribution < 1.29 is 23.9 Å². The van der Waals surface area contributed by atoms with Gasteiger partial charge in [-0.15, -0.1) is 0 Å². The molecule has 0 unspecified atom stereocenters. The van der Waals surface area contributed by atoms with E-state index in [1.165, 1.54) is 0 Å². The highest BCUT2D eigenvalue weighted by Crippen LogP contribution is 2.34. The molecule has 0 rings (SSSR count). The minimum Gasteiger partial charge on any atom is -0.465 e. The van der Waals surface area contributed by atoms with Crippen molar-refractivity contribution in [3.63, 3.8) is 0 Å². The molecule has 0 radical (unpaired) electrons. The number of carbonyl (C=O) groups is 1. The third-order valence-electron chi connectivity index (χ3n) is 2.16. The van der Waals surface area contributed by atoms with Crippen molar-refractivity contribution in [1.29, 1.82) is 0 Å². The van der Waals surface area contributed by atoms with Crippen molar-refractivity contribution in [2.24, 2.45) is 5.92 Å². The number of esters is 1. The van der Waals surface area contributed by atoms with Crippen LogP contribution in [0, 0.1) is 5.92 Å². The number of rotatable bonds is 7. The van der Waals surface area contributed by atoms with Crippen LogP contribution in [-0.2, 0) is 14.1 Å². The minimum absolute atomic E-state index is 0.0838. The highest BCUT2D eigenvalue weighted by molar-refractivity contribution is 7.51. The van der Waals surface area contributed by atoms with Crippen LogP contribution in [-0.4, -0.2) is 28.5 Å². The molecule has 0 atom stereocenters. The third kappa shape index (κ3) is 7.54. The molecule has 0 heterocycles. The SMILES string of the molecule is CCC(CC)C(=O)OCCCP(=O)(O)O. The smallest absolute Gasteiger partial charge is 0.325 e. The first-order valence-corrected chi connectivity index (χ1v) is 6.91. The van der Waals surface area contributed by atoms with E-state index in [1.807, 2.05) is 13.8 Å². The van der Waals surface area contributed by atoms with Crippen LogP contribution in [0.25, 0.3) is 0 Å². The van der Waals surface area contributed by atoms with Crippen molar-refractivity contribution in [2.75, 3.05) is 12.8 Å². The Labute approximate surface area is 90.0 Å². The first kappa shape index (κ1) is 14.6. The monoisotopic (exact) mass is 238 g/mol. The molecule has 15 heavy (non-hydrogen) atoms. The van der Waals surface area contributed by atoms with Crippen LogP contribution in [0.5, 0.6) is 0 Å². The zero-order valence-electron chi connectivity index (χ0n) is 9.18. The number of hydrogen-bond acceptors (Lipinski definition) is 3. The summed E-state index contributed by atoms with van der Waals surface area (Å²) in [6.07, 6.45) is 1.43. The van der Waals surface area contributed by atoms with Crippen LogP contribution in [0.3, 0.4) is 0 Å². The molecule has 0 aromatic rings. The second kappa shape index (κ2) is 6.99. The minimum atomic E-state index is -3.95. The summed E-state index contributed by atoms with van der Waals surface area (Å²) in [6.45, 7) is 3.90. The number of hydrogen-bond donors (Lipinski definition) is 2. The molecule has 0 saturated carbocycles. The zero-order valence-corrected chi connectivity index (χ0v) is 10.1. The van der Waals surface area contributed by atoms with Gasteiger partial charge in [0.2, 0.25) is 0 Å². The Morgan fingerprint density at radius 2 is 1.87 bits per heavy atom. The maximum Gasteiger partial charge on any atom is 0.325 e. The highest BCUT2D eigenvalue weighted by atomic mass is 31.2. The van der Waals surface area contributed by atoms with E-state index < -0.39 is 7.60 Å². The molecule has 0 saturated heterocycles. The van der Waals surface area contributed by atoms with E-state index in [9.17, 15) is 9.36 Å². The van der Waals surface area contributed by atoms with Gasteiger partial charge in [0.1, 0.15) is 0 Å². The Kier molecular flexibility index (Phi) is 6.81. The maximum atomic E-state index is 11.3. The molecule has 0 aliphatic rings. The van der Waals surface area contributed by atoms with E-state index in [-0.39, 0.29) is 31.1 Å². The van der Waals surface area contributed by atoms with Crippen molar-refractivity contribution in [2.45, 2.75) is 33.1 Å². The summed E-state index contributed by atoms with van der Waals surface area (Å²) in [7, 11) is -3.95.